The van der Waals surface area contributed by atoms with Gasteiger partial charge in [-0.1, -0.05) is 11.6 Å². The highest BCUT2D eigenvalue weighted by molar-refractivity contribution is 6.31. The maximum atomic E-state index is 13.0. The van der Waals surface area contributed by atoms with E-state index in [9.17, 15) is 9.59 Å². The molecule has 2 fully saturated rings. The second-order valence-corrected chi connectivity index (χ2v) is 7.40. The summed E-state index contributed by atoms with van der Waals surface area (Å²) in [7, 11) is 1.52. The lowest BCUT2D eigenvalue weighted by molar-refractivity contribution is -0.125. The number of likely N-dealkylation sites (tertiary alicyclic amines) is 1. The maximum absolute atomic E-state index is 13.0. The molecular formula is C19H27Cl2N3O3. The summed E-state index contributed by atoms with van der Waals surface area (Å²) in [6.07, 6.45) is 3.77. The minimum Gasteiger partial charge on any atom is -0.496 e. The van der Waals surface area contributed by atoms with E-state index in [1.165, 1.54) is 7.11 Å². The lowest BCUT2D eigenvalue weighted by Crippen LogP contribution is -2.48. The zero-order chi connectivity index (χ0) is 18.5. The molecule has 1 aromatic rings. The first kappa shape index (κ1) is 21.8. The standard InChI is InChI=1S/C19H26ClN3O3.ClH/c1-26-17-7-6-14(20)10-15(17)19(25)23-9-3-5-16(23)18(24)22-12-13-4-2-8-21-11-13;/h6-7,10,13,16,21H,2-5,8-9,11-12H2,1H3,(H,22,24);1H. The third-order valence-electron chi connectivity index (χ3n) is 5.17. The van der Waals surface area contributed by atoms with Crippen molar-refractivity contribution < 1.29 is 14.3 Å². The molecule has 2 unspecified atom stereocenters. The Morgan fingerprint density at radius 2 is 2.15 bits per heavy atom. The van der Waals surface area contributed by atoms with Crippen LogP contribution < -0.4 is 15.4 Å². The Labute approximate surface area is 171 Å². The number of methoxy groups -OCH3 is 1. The Balaban J connectivity index is 0.00000261. The van der Waals surface area contributed by atoms with E-state index in [0.29, 0.717) is 41.8 Å². The summed E-state index contributed by atoms with van der Waals surface area (Å²) in [4.78, 5) is 27.3. The van der Waals surface area contributed by atoms with Crippen LogP contribution in [0.15, 0.2) is 18.2 Å². The van der Waals surface area contributed by atoms with Gasteiger partial charge in [-0.25, -0.2) is 0 Å². The molecular weight excluding hydrogens is 389 g/mol. The van der Waals surface area contributed by atoms with Crippen LogP contribution in [0.25, 0.3) is 0 Å². The van der Waals surface area contributed by atoms with Gasteiger partial charge < -0.3 is 20.3 Å². The van der Waals surface area contributed by atoms with Gasteiger partial charge in [0.25, 0.3) is 5.91 Å². The van der Waals surface area contributed by atoms with Crippen LogP contribution in [-0.2, 0) is 4.79 Å². The molecule has 0 bridgehead atoms. The number of hydrogen-bond acceptors (Lipinski definition) is 4. The highest BCUT2D eigenvalue weighted by Crippen LogP contribution is 2.27. The molecule has 0 radical (unpaired) electrons. The largest absolute Gasteiger partial charge is 0.496 e. The molecule has 2 aliphatic rings. The number of hydrogen-bond donors (Lipinski definition) is 2. The number of piperidine rings is 1. The van der Waals surface area contributed by atoms with Crippen molar-refractivity contribution in [2.75, 3.05) is 33.3 Å². The van der Waals surface area contributed by atoms with Crippen LogP contribution in [-0.4, -0.2) is 56.0 Å². The molecule has 8 heteroatoms. The van der Waals surface area contributed by atoms with Gasteiger partial charge in [-0.2, -0.15) is 0 Å². The normalized spacial score (nSPS) is 22.1. The van der Waals surface area contributed by atoms with Crippen molar-refractivity contribution in [2.24, 2.45) is 5.92 Å². The summed E-state index contributed by atoms with van der Waals surface area (Å²) in [5, 5.41) is 6.86. The number of ether oxygens (including phenoxy) is 1. The van der Waals surface area contributed by atoms with Gasteiger partial charge in [0, 0.05) is 18.1 Å². The van der Waals surface area contributed by atoms with Gasteiger partial charge in [0.2, 0.25) is 5.91 Å². The Bertz CT molecular complexity index is 666. The first-order valence-corrected chi connectivity index (χ1v) is 9.61. The minimum absolute atomic E-state index is 0. The summed E-state index contributed by atoms with van der Waals surface area (Å²) in [5.41, 5.74) is 0.399. The highest BCUT2D eigenvalue weighted by atomic mass is 35.5. The van der Waals surface area contributed by atoms with Gasteiger partial charge in [0.15, 0.2) is 0 Å². The van der Waals surface area contributed by atoms with Crippen LogP contribution in [0.5, 0.6) is 5.75 Å². The Morgan fingerprint density at radius 3 is 2.85 bits per heavy atom. The van der Waals surface area contributed by atoms with E-state index in [1.807, 2.05) is 0 Å². The molecule has 3 rings (SSSR count). The molecule has 2 saturated heterocycles. The van der Waals surface area contributed by atoms with E-state index in [1.54, 1.807) is 23.1 Å². The molecule has 2 heterocycles. The number of nitrogens with zero attached hydrogens (tertiary/aromatic N) is 1. The fraction of sp³-hybridized carbons (Fsp3) is 0.579. The third-order valence-corrected chi connectivity index (χ3v) is 5.41. The van der Waals surface area contributed by atoms with Crippen LogP contribution >= 0.6 is 24.0 Å². The predicted octanol–water partition coefficient (Wildman–Crippen LogP) is 2.49. The average Bonchev–Trinajstić information content (AvgIpc) is 3.16. The number of carbonyl (C=O) groups is 2. The van der Waals surface area contributed by atoms with Crippen molar-refractivity contribution in [2.45, 2.75) is 31.7 Å². The van der Waals surface area contributed by atoms with E-state index in [-0.39, 0.29) is 24.2 Å². The molecule has 0 aliphatic carbocycles. The van der Waals surface area contributed by atoms with Crippen LogP contribution in [0.4, 0.5) is 0 Å². The van der Waals surface area contributed by atoms with Gasteiger partial charge >= 0.3 is 0 Å². The number of benzene rings is 1. The summed E-state index contributed by atoms with van der Waals surface area (Å²) in [6.45, 7) is 3.21. The van der Waals surface area contributed by atoms with E-state index in [0.717, 1.165) is 32.4 Å². The Morgan fingerprint density at radius 1 is 1.33 bits per heavy atom. The first-order chi connectivity index (χ1) is 12.6. The van der Waals surface area contributed by atoms with Crippen molar-refractivity contribution in [1.82, 2.24) is 15.5 Å². The smallest absolute Gasteiger partial charge is 0.258 e. The summed E-state index contributed by atoms with van der Waals surface area (Å²) < 4.78 is 5.29. The van der Waals surface area contributed by atoms with Crippen LogP contribution in [0, 0.1) is 5.92 Å². The van der Waals surface area contributed by atoms with Crippen molar-refractivity contribution in [3.8, 4) is 5.75 Å². The predicted molar refractivity (Wildman–Crippen MR) is 108 cm³/mol. The fourth-order valence-electron chi connectivity index (χ4n) is 3.75. The zero-order valence-corrected chi connectivity index (χ0v) is 17.1. The van der Waals surface area contributed by atoms with Crippen molar-refractivity contribution in [1.29, 1.82) is 0 Å². The minimum atomic E-state index is -0.428. The van der Waals surface area contributed by atoms with Crippen molar-refractivity contribution in [3.63, 3.8) is 0 Å². The van der Waals surface area contributed by atoms with E-state index < -0.39 is 6.04 Å². The Hall–Kier alpha value is -1.50. The van der Waals surface area contributed by atoms with Gasteiger partial charge in [-0.3, -0.25) is 9.59 Å². The lowest BCUT2D eigenvalue weighted by Gasteiger charge is -2.27. The molecule has 2 N–H and O–H groups in total. The lowest BCUT2D eigenvalue weighted by atomic mass is 9.99. The molecule has 27 heavy (non-hydrogen) atoms. The van der Waals surface area contributed by atoms with Crippen molar-refractivity contribution in [3.05, 3.63) is 28.8 Å². The molecule has 0 saturated carbocycles. The van der Waals surface area contributed by atoms with E-state index in [4.69, 9.17) is 16.3 Å². The maximum Gasteiger partial charge on any atom is 0.258 e. The second kappa shape index (κ2) is 10.2. The quantitative estimate of drug-likeness (QED) is 0.774. The highest BCUT2D eigenvalue weighted by Gasteiger charge is 2.35. The van der Waals surface area contributed by atoms with Crippen LogP contribution in [0.1, 0.15) is 36.0 Å². The van der Waals surface area contributed by atoms with Gasteiger partial charge in [-0.05, 0) is 62.9 Å². The summed E-state index contributed by atoms with van der Waals surface area (Å²) in [5.74, 6) is 0.661. The zero-order valence-electron chi connectivity index (χ0n) is 15.5. The summed E-state index contributed by atoms with van der Waals surface area (Å²) >= 11 is 6.05. The molecule has 2 amide bonds. The molecule has 2 aliphatic heterocycles. The molecule has 0 spiro atoms. The molecule has 6 nitrogen and oxygen atoms in total. The van der Waals surface area contributed by atoms with Gasteiger partial charge in [-0.15, -0.1) is 12.4 Å². The molecule has 0 aromatic heterocycles. The first-order valence-electron chi connectivity index (χ1n) is 9.23. The average molecular weight is 416 g/mol. The topological polar surface area (TPSA) is 70.7 Å². The van der Waals surface area contributed by atoms with E-state index in [2.05, 4.69) is 10.6 Å². The molecule has 2 atom stereocenters. The monoisotopic (exact) mass is 415 g/mol. The third kappa shape index (κ3) is 5.27. The molecule has 150 valence electrons. The molecule has 1 aromatic carbocycles. The van der Waals surface area contributed by atoms with Gasteiger partial charge in [0.1, 0.15) is 11.8 Å². The fourth-order valence-corrected chi connectivity index (χ4v) is 3.92. The number of halogens is 2. The second-order valence-electron chi connectivity index (χ2n) is 6.96. The van der Waals surface area contributed by atoms with Crippen LogP contribution in [0.2, 0.25) is 5.02 Å². The summed E-state index contributed by atoms with van der Waals surface area (Å²) in [6, 6.07) is 4.53. The van der Waals surface area contributed by atoms with E-state index >= 15 is 0 Å². The van der Waals surface area contributed by atoms with Gasteiger partial charge in [0.05, 0.1) is 12.7 Å². The van der Waals surface area contributed by atoms with Crippen LogP contribution in [0.3, 0.4) is 0 Å². The number of nitrogens with one attached hydrogen (secondary N) is 2. The number of carbonyl (C=O) groups excluding carboxylic acids is 2. The Kier molecular flexibility index (Phi) is 8.20. The number of rotatable bonds is 5. The SMILES string of the molecule is COc1ccc(Cl)cc1C(=O)N1CCCC1C(=O)NCC1CCCNC1.Cl. The number of amides is 2. The van der Waals surface area contributed by atoms with Crippen molar-refractivity contribution >= 4 is 35.8 Å².